The van der Waals surface area contributed by atoms with Crippen molar-refractivity contribution in [3.63, 3.8) is 0 Å². The SMILES string of the molecule is CCCCN(C)C(=O)c1nocc1C. The van der Waals surface area contributed by atoms with Crippen LogP contribution in [0.2, 0.25) is 0 Å². The van der Waals surface area contributed by atoms with Gasteiger partial charge in [0.15, 0.2) is 5.69 Å². The molecule has 0 aliphatic rings. The van der Waals surface area contributed by atoms with Gasteiger partial charge in [0.2, 0.25) is 0 Å². The molecule has 1 aromatic heterocycles. The Morgan fingerprint density at radius 1 is 1.64 bits per heavy atom. The molecule has 0 fully saturated rings. The van der Waals surface area contributed by atoms with Crippen LogP contribution in [-0.4, -0.2) is 29.6 Å². The van der Waals surface area contributed by atoms with E-state index in [1.807, 2.05) is 6.92 Å². The molecule has 0 saturated heterocycles. The van der Waals surface area contributed by atoms with Crippen molar-refractivity contribution in [1.82, 2.24) is 10.1 Å². The van der Waals surface area contributed by atoms with E-state index in [-0.39, 0.29) is 5.91 Å². The van der Waals surface area contributed by atoms with Crippen LogP contribution in [0.1, 0.15) is 35.8 Å². The van der Waals surface area contributed by atoms with Gasteiger partial charge in [-0.1, -0.05) is 18.5 Å². The van der Waals surface area contributed by atoms with Crippen LogP contribution in [0.3, 0.4) is 0 Å². The zero-order chi connectivity index (χ0) is 10.6. The summed E-state index contributed by atoms with van der Waals surface area (Å²) in [6.07, 6.45) is 3.58. The highest BCUT2D eigenvalue weighted by molar-refractivity contribution is 5.93. The normalized spacial score (nSPS) is 10.2. The van der Waals surface area contributed by atoms with Gasteiger partial charge < -0.3 is 9.42 Å². The average molecular weight is 196 g/mol. The molecule has 0 bridgehead atoms. The van der Waals surface area contributed by atoms with Crippen molar-refractivity contribution in [3.8, 4) is 0 Å². The molecule has 1 rings (SSSR count). The summed E-state index contributed by atoms with van der Waals surface area (Å²) in [5.41, 5.74) is 1.21. The van der Waals surface area contributed by atoms with E-state index < -0.39 is 0 Å². The fourth-order valence-electron chi connectivity index (χ4n) is 1.17. The average Bonchev–Trinajstić information content (AvgIpc) is 2.59. The Labute approximate surface area is 83.9 Å². The number of hydrogen-bond donors (Lipinski definition) is 0. The molecule has 1 amide bonds. The highest BCUT2D eigenvalue weighted by atomic mass is 16.5. The van der Waals surface area contributed by atoms with Gasteiger partial charge in [-0.3, -0.25) is 4.79 Å². The van der Waals surface area contributed by atoms with Gasteiger partial charge in [-0.2, -0.15) is 0 Å². The van der Waals surface area contributed by atoms with Crippen LogP contribution < -0.4 is 0 Å². The van der Waals surface area contributed by atoms with Crippen LogP contribution in [0.5, 0.6) is 0 Å². The smallest absolute Gasteiger partial charge is 0.276 e. The Kier molecular flexibility index (Phi) is 3.68. The minimum atomic E-state index is -0.0651. The van der Waals surface area contributed by atoms with Gasteiger partial charge in [-0.15, -0.1) is 0 Å². The lowest BCUT2D eigenvalue weighted by Gasteiger charge is -2.14. The van der Waals surface area contributed by atoms with Crippen LogP contribution >= 0.6 is 0 Å². The van der Waals surface area contributed by atoms with Crippen LogP contribution in [0, 0.1) is 6.92 Å². The standard InChI is InChI=1S/C10H16N2O2/c1-4-5-6-12(3)10(13)9-8(2)7-14-11-9/h7H,4-6H2,1-3H3. The highest BCUT2D eigenvalue weighted by Gasteiger charge is 2.16. The van der Waals surface area contributed by atoms with Gasteiger partial charge in [-0.25, -0.2) is 0 Å². The largest absolute Gasteiger partial charge is 0.364 e. The van der Waals surface area contributed by atoms with Gasteiger partial charge in [0.05, 0.1) is 0 Å². The maximum absolute atomic E-state index is 11.7. The van der Waals surface area contributed by atoms with Crippen molar-refractivity contribution >= 4 is 5.91 Å². The third-order valence-electron chi connectivity index (χ3n) is 2.14. The van der Waals surface area contributed by atoms with Gasteiger partial charge >= 0.3 is 0 Å². The summed E-state index contributed by atoms with van der Waals surface area (Å²) in [5, 5.41) is 3.68. The molecule has 0 aliphatic heterocycles. The number of carbonyl (C=O) groups excluding carboxylic acids is 1. The number of unbranched alkanes of at least 4 members (excludes halogenated alkanes) is 1. The molecular formula is C10H16N2O2. The molecule has 4 nitrogen and oxygen atoms in total. The Hall–Kier alpha value is -1.32. The quantitative estimate of drug-likeness (QED) is 0.738. The highest BCUT2D eigenvalue weighted by Crippen LogP contribution is 2.07. The Bertz CT molecular complexity index is 307. The van der Waals surface area contributed by atoms with Crippen molar-refractivity contribution in [2.75, 3.05) is 13.6 Å². The van der Waals surface area contributed by atoms with E-state index in [2.05, 4.69) is 12.1 Å². The molecule has 0 spiro atoms. The van der Waals surface area contributed by atoms with E-state index in [1.54, 1.807) is 11.9 Å². The maximum atomic E-state index is 11.7. The van der Waals surface area contributed by atoms with E-state index >= 15 is 0 Å². The molecular weight excluding hydrogens is 180 g/mol. The molecule has 0 N–H and O–H groups in total. The Morgan fingerprint density at radius 3 is 2.86 bits per heavy atom. The molecule has 0 saturated carbocycles. The van der Waals surface area contributed by atoms with Crippen LogP contribution in [0.15, 0.2) is 10.8 Å². The lowest BCUT2D eigenvalue weighted by atomic mass is 10.2. The van der Waals surface area contributed by atoms with Crippen molar-refractivity contribution in [3.05, 3.63) is 17.5 Å². The van der Waals surface area contributed by atoms with Crippen LogP contribution in [0.25, 0.3) is 0 Å². The fourth-order valence-corrected chi connectivity index (χ4v) is 1.17. The summed E-state index contributed by atoms with van der Waals surface area (Å²) in [5.74, 6) is -0.0651. The van der Waals surface area contributed by atoms with Crippen LogP contribution in [-0.2, 0) is 0 Å². The zero-order valence-electron chi connectivity index (χ0n) is 8.91. The first-order valence-electron chi connectivity index (χ1n) is 4.83. The molecule has 0 unspecified atom stereocenters. The fraction of sp³-hybridized carbons (Fsp3) is 0.600. The predicted octanol–water partition coefficient (Wildman–Crippen LogP) is 1.86. The van der Waals surface area contributed by atoms with Crippen molar-refractivity contribution in [2.45, 2.75) is 26.7 Å². The molecule has 0 atom stereocenters. The molecule has 1 heterocycles. The van der Waals surface area contributed by atoms with Gasteiger partial charge in [0, 0.05) is 19.2 Å². The third-order valence-corrected chi connectivity index (χ3v) is 2.14. The predicted molar refractivity (Wildman–Crippen MR) is 53.1 cm³/mol. The molecule has 0 aromatic carbocycles. The van der Waals surface area contributed by atoms with Crippen molar-refractivity contribution in [1.29, 1.82) is 0 Å². The number of carbonyl (C=O) groups is 1. The van der Waals surface area contributed by atoms with Crippen molar-refractivity contribution in [2.24, 2.45) is 0 Å². The maximum Gasteiger partial charge on any atom is 0.276 e. The van der Waals surface area contributed by atoms with E-state index in [1.165, 1.54) is 6.26 Å². The summed E-state index contributed by atoms with van der Waals surface area (Å²) < 4.78 is 4.72. The Balaban J connectivity index is 2.61. The minimum Gasteiger partial charge on any atom is -0.364 e. The summed E-state index contributed by atoms with van der Waals surface area (Å²) in [7, 11) is 1.78. The van der Waals surface area contributed by atoms with Gasteiger partial charge in [0.1, 0.15) is 6.26 Å². The number of hydrogen-bond acceptors (Lipinski definition) is 3. The summed E-state index contributed by atoms with van der Waals surface area (Å²) >= 11 is 0. The summed E-state index contributed by atoms with van der Waals surface area (Å²) in [6, 6.07) is 0. The number of aromatic nitrogens is 1. The first-order chi connectivity index (χ1) is 6.66. The second-order valence-electron chi connectivity index (χ2n) is 3.43. The lowest BCUT2D eigenvalue weighted by molar-refractivity contribution is 0.0782. The monoisotopic (exact) mass is 196 g/mol. The zero-order valence-corrected chi connectivity index (χ0v) is 8.91. The summed E-state index contributed by atoms with van der Waals surface area (Å²) in [4.78, 5) is 13.4. The second kappa shape index (κ2) is 4.79. The number of aryl methyl sites for hydroxylation is 1. The van der Waals surface area contributed by atoms with Gasteiger partial charge in [0.25, 0.3) is 5.91 Å². The number of amides is 1. The van der Waals surface area contributed by atoms with E-state index in [4.69, 9.17) is 4.52 Å². The minimum absolute atomic E-state index is 0.0651. The third kappa shape index (κ3) is 2.34. The molecule has 0 radical (unpaired) electrons. The van der Waals surface area contributed by atoms with E-state index in [0.717, 1.165) is 24.9 Å². The second-order valence-corrected chi connectivity index (χ2v) is 3.43. The van der Waals surface area contributed by atoms with E-state index in [0.29, 0.717) is 5.69 Å². The molecule has 78 valence electrons. The Morgan fingerprint density at radius 2 is 2.36 bits per heavy atom. The molecule has 4 heteroatoms. The first kappa shape index (κ1) is 10.8. The molecule has 0 aliphatic carbocycles. The molecule has 14 heavy (non-hydrogen) atoms. The number of nitrogens with zero attached hydrogens (tertiary/aromatic N) is 2. The van der Waals surface area contributed by atoms with Crippen molar-refractivity contribution < 1.29 is 9.32 Å². The topological polar surface area (TPSA) is 46.3 Å². The first-order valence-corrected chi connectivity index (χ1v) is 4.83. The number of rotatable bonds is 4. The summed E-state index contributed by atoms with van der Waals surface area (Å²) in [6.45, 7) is 4.68. The van der Waals surface area contributed by atoms with Crippen LogP contribution in [0.4, 0.5) is 0 Å². The van der Waals surface area contributed by atoms with Gasteiger partial charge in [-0.05, 0) is 13.3 Å². The van der Waals surface area contributed by atoms with E-state index in [9.17, 15) is 4.79 Å². The lowest BCUT2D eigenvalue weighted by Crippen LogP contribution is -2.28. The molecule has 1 aromatic rings.